The summed E-state index contributed by atoms with van der Waals surface area (Å²) in [6.45, 7) is 5.75. The van der Waals surface area contributed by atoms with E-state index in [4.69, 9.17) is 0 Å². The molecule has 1 fully saturated rings. The van der Waals surface area contributed by atoms with Crippen LogP contribution in [-0.2, 0) is 12.8 Å². The molecule has 0 spiro atoms. The Hall–Kier alpha value is -1.82. The second-order valence-corrected chi connectivity index (χ2v) is 7.32. The molecule has 24 heavy (non-hydrogen) atoms. The molecule has 3 heterocycles. The lowest BCUT2D eigenvalue weighted by Gasteiger charge is -2.32. The average Bonchev–Trinajstić information content (AvgIpc) is 3.05. The first kappa shape index (κ1) is 17.0. The van der Waals surface area contributed by atoms with Crippen LogP contribution in [0.2, 0.25) is 0 Å². The minimum Gasteiger partial charge on any atom is -0.338 e. The topological polar surface area (TPSA) is 59.0 Å². The Morgan fingerprint density at radius 1 is 1.42 bits per heavy atom. The number of rotatable bonds is 5. The number of carbonyl (C=O) groups excluding carboxylic acids is 1. The van der Waals surface area contributed by atoms with Gasteiger partial charge in [-0.15, -0.1) is 5.10 Å². The van der Waals surface area contributed by atoms with Gasteiger partial charge in [-0.3, -0.25) is 9.78 Å². The minimum atomic E-state index is 0.111. The molecule has 2 aromatic rings. The molecule has 1 saturated heterocycles. The number of hydrogen-bond donors (Lipinski definition) is 0. The molecule has 1 aliphatic rings. The average molecular weight is 344 g/mol. The number of hydrogen-bond acceptors (Lipinski definition) is 5. The van der Waals surface area contributed by atoms with E-state index in [0.717, 1.165) is 55.0 Å². The molecule has 3 rings (SSSR count). The van der Waals surface area contributed by atoms with Crippen molar-refractivity contribution in [3.05, 3.63) is 40.2 Å². The van der Waals surface area contributed by atoms with Crippen LogP contribution in [0.4, 0.5) is 0 Å². The molecule has 1 amide bonds. The Balaban J connectivity index is 1.65. The second kappa shape index (κ2) is 7.83. The number of nitrogens with zero attached hydrogens (tertiary/aromatic N) is 4. The zero-order chi connectivity index (χ0) is 16.9. The number of aryl methyl sites for hydroxylation is 2. The Kier molecular flexibility index (Phi) is 5.56. The Labute approximate surface area is 147 Å². The lowest BCUT2D eigenvalue weighted by Crippen LogP contribution is -2.40. The molecule has 6 heteroatoms. The third kappa shape index (κ3) is 3.98. The minimum absolute atomic E-state index is 0.111. The predicted octanol–water partition coefficient (Wildman–Crippen LogP) is 3.29. The third-order valence-corrected chi connectivity index (χ3v) is 5.30. The summed E-state index contributed by atoms with van der Waals surface area (Å²) >= 11 is 1.24. The SMILES string of the molecule is CCCc1nnsc1C(=O)N1CCC[C@H](Cc2ccc(C)nc2)C1. The molecular formula is C18H24N4OS. The number of piperidine rings is 1. The fourth-order valence-electron chi connectivity index (χ4n) is 3.28. The maximum atomic E-state index is 12.8. The highest BCUT2D eigenvalue weighted by Crippen LogP contribution is 2.24. The van der Waals surface area contributed by atoms with Crippen molar-refractivity contribution >= 4 is 17.4 Å². The number of carbonyl (C=O) groups is 1. The molecule has 0 unspecified atom stereocenters. The van der Waals surface area contributed by atoms with Crippen molar-refractivity contribution in [3.63, 3.8) is 0 Å². The summed E-state index contributed by atoms with van der Waals surface area (Å²) in [6, 6.07) is 4.21. The first-order valence-electron chi connectivity index (χ1n) is 8.69. The van der Waals surface area contributed by atoms with E-state index in [-0.39, 0.29) is 5.91 Å². The van der Waals surface area contributed by atoms with Crippen molar-refractivity contribution in [2.75, 3.05) is 13.1 Å². The normalized spacial score (nSPS) is 17.9. The molecule has 128 valence electrons. The number of amides is 1. The lowest BCUT2D eigenvalue weighted by atomic mass is 9.91. The van der Waals surface area contributed by atoms with E-state index >= 15 is 0 Å². The summed E-state index contributed by atoms with van der Waals surface area (Å²) in [5, 5.41) is 4.13. The van der Waals surface area contributed by atoms with E-state index in [9.17, 15) is 4.79 Å². The van der Waals surface area contributed by atoms with Crippen LogP contribution >= 0.6 is 11.5 Å². The van der Waals surface area contributed by atoms with E-state index < -0.39 is 0 Å². The van der Waals surface area contributed by atoms with Gasteiger partial charge >= 0.3 is 0 Å². The van der Waals surface area contributed by atoms with Gasteiger partial charge in [-0.1, -0.05) is 23.9 Å². The highest BCUT2D eigenvalue weighted by atomic mass is 32.1. The largest absolute Gasteiger partial charge is 0.338 e. The second-order valence-electron chi connectivity index (χ2n) is 6.57. The Morgan fingerprint density at radius 2 is 2.29 bits per heavy atom. The van der Waals surface area contributed by atoms with E-state index in [1.807, 2.05) is 18.0 Å². The number of aromatic nitrogens is 3. The molecule has 0 N–H and O–H groups in total. The first-order valence-corrected chi connectivity index (χ1v) is 9.46. The molecule has 1 aliphatic heterocycles. The molecule has 0 aliphatic carbocycles. The summed E-state index contributed by atoms with van der Waals surface area (Å²) in [4.78, 5) is 19.9. The van der Waals surface area contributed by atoms with Gasteiger partial charge in [0.05, 0.1) is 5.69 Å². The molecule has 1 atom stereocenters. The highest BCUT2D eigenvalue weighted by molar-refractivity contribution is 7.08. The van der Waals surface area contributed by atoms with Crippen molar-refractivity contribution in [2.24, 2.45) is 5.92 Å². The quantitative estimate of drug-likeness (QED) is 0.835. The summed E-state index contributed by atoms with van der Waals surface area (Å²) in [5.74, 6) is 0.614. The first-order chi connectivity index (χ1) is 11.7. The van der Waals surface area contributed by atoms with Crippen molar-refractivity contribution in [2.45, 2.75) is 46.0 Å². The smallest absolute Gasteiger partial charge is 0.267 e. The summed E-state index contributed by atoms with van der Waals surface area (Å²) in [7, 11) is 0. The van der Waals surface area contributed by atoms with Gasteiger partial charge < -0.3 is 4.90 Å². The number of pyridine rings is 1. The van der Waals surface area contributed by atoms with Gasteiger partial charge in [0, 0.05) is 25.0 Å². The lowest BCUT2D eigenvalue weighted by molar-refractivity contribution is 0.0677. The fraction of sp³-hybridized carbons (Fsp3) is 0.556. The van der Waals surface area contributed by atoms with E-state index in [1.165, 1.54) is 23.5 Å². The van der Waals surface area contributed by atoms with Gasteiger partial charge in [0.1, 0.15) is 4.88 Å². The highest BCUT2D eigenvalue weighted by Gasteiger charge is 2.27. The van der Waals surface area contributed by atoms with Crippen LogP contribution in [0.5, 0.6) is 0 Å². The van der Waals surface area contributed by atoms with Crippen molar-refractivity contribution in [1.29, 1.82) is 0 Å². The van der Waals surface area contributed by atoms with Gasteiger partial charge in [0.2, 0.25) is 0 Å². The summed E-state index contributed by atoms with van der Waals surface area (Å²) < 4.78 is 3.99. The fourth-order valence-corrected chi connectivity index (χ4v) is 3.96. The van der Waals surface area contributed by atoms with Crippen molar-refractivity contribution in [3.8, 4) is 0 Å². The van der Waals surface area contributed by atoms with Crippen LogP contribution in [0.3, 0.4) is 0 Å². The van der Waals surface area contributed by atoms with Crippen LogP contribution < -0.4 is 0 Å². The van der Waals surface area contributed by atoms with Gasteiger partial charge in [-0.2, -0.15) is 0 Å². The van der Waals surface area contributed by atoms with Gasteiger partial charge in [0.15, 0.2) is 0 Å². The third-order valence-electron chi connectivity index (χ3n) is 4.54. The molecule has 2 aromatic heterocycles. The maximum absolute atomic E-state index is 12.8. The molecule has 5 nitrogen and oxygen atoms in total. The zero-order valence-corrected chi connectivity index (χ0v) is 15.2. The van der Waals surface area contributed by atoms with Crippen LogP contribution in [0.25, 0.3) is 0 Å². The van der Waals surface area contributed by atoms with Gasteiger partial charge in [-0.05, 0) is 61.7 Å². The van der Waals surface area contributed by atoms with Gasteiger partial charge in [-0.25, -0.2) is 0 Å². The van der Waals surface area contributed by atoms with Crippen molar-refractivity contribution < 1.29 is 4.79 Å². The molecule has 0 bridgehead atoms. The Morgan fingerprint density at radius 3 is 3.04 bits per heavy atom. The van der Waals surface area contributed by atoms with Crippen LogP contribution in [0.15, 0.2) is 18.3 Å². The monoisotopic (exact) mass is 344 g/mol. The van der Waals surface area contributed by atoms with Crippen molar-refractivity contribution in [1.82, 2.24) is 19.5 Å². The van der Waals surface area contributed by atoms with Gasteiger partial charge in [0.25, 0.3) is 5.91 Å². The summed E-state index contributed by atoms with van der Waals surface area (Å²) in [5.41, 5.74) is 3.16. The Bertz CT molecular complexity index is 683. The van der Waals surface area contributed by atoms with E-state index in [1.54, 1.807) is 0 Å². The molecule has 0 saturated carbocycles. The molecule has 0 radical (unpaired) electrons. The van der Waals surface area contributed by atoms with Crippen LogP contribution in [0, 0.1) is 12.8 Å². The zero-order valence-electron chi connectivity index (χ0n) is 14.4. The molecule has 0 aromatic carbocycles. The van der Waals surface area contributed by atoms with Crippen LogP contribution in [-0.4, -0.2) is 38.5 Å². The standard InChI is InChI=1S/C18H24N4OS/c1-3-5-16-17(24-21-20-16)18(23)22-9-4-6-15(12-22)10-14-8-7-13(2)19-11-14/h7-8,11,15H,3-6,9-10,12H2,1-2H3/t15-/m1/s1. The number of likely N-dealkylation sites (tertiary alicyclic amines) is 1. The summed E-state index contributed by atoms with van der Waals surface area (Å²) in [6.07, 6.45) is 6.98. The molecular weight excluding hydrogens is 320 g/mol. The predicted molar refractivity (Wildman–Crippen MR) is 95.2 cm³/mol. The maximum Gasteiger partial charge on any atom is 0.267 e. The van der Waals surface area contributed by atoms with E-state index in [2.05, 4.69) is 33.6 Å². The van der Waals surface area contributed by atoms with Crippen LogP contribution in [0.1, 0.15) is 52.8 Å². The van der Waals surface area contributed by atoms with E-state index in [0.29, 0.717) is 5.92 Å².